The maximum absolute atomic E-state index is 10.1. The SMILES string of the molecule is O=COC(C=S)c1ccccc1. The van der Waals surface area contributed by atoms with Crippen LogP contribution in [0.25, 0.3) is 0 Å². The summed E-state index contributed by atoms with van der Waals surface area (Å²) in [6.07, 6.45) is -0.404. The molecule has 0 saturated carbocycles. The summed E-state index contributed by atoms with van der Waals surface area (Å²) in [6.45, 7) is 0.403. The molecule has 0 aliphatic carbocycles. The van der Waals surface area contributed by atoms with E-state index >= 15 is 0 Å². The van der Waals surface area contributed by atoms with E-state index in [4.69, 9.17) is 17.0 Å². The quantitative estimate of drug-likeness (QED) is 0.523. The van der Waals surface area contributed by atoms with E-state index in [1.54, 1.807) is 0 Å². The van der Waals surface area contributed by atoms with Crippen LogP contribution >= 0.6 is 12.2 Å². The van der Waals surface area contributed by atoms with E-state index in [9.17, 15) is 4.79 Å². The van der Waals surface area contributed by atoms with E-state index in [0.717, 1.165) is 5.56 Å². The van der Waals surface area contributed by atoms with Crippen LogP contribution in [-0.2, 0) is 9.53 Å². The Morgan fingerprint density at radius 2 is 2.00 bits per heavy atom. The molecule has 0 N–H and O–H groups in total. The minimum Gasteiger partial charge on any atom is -0.455 e. The van der Waals surface area contributed by atoms with Gasteiger partial charge in [-0.05, 0) is 5.56 Å². The van der Waals surface area contributed by atoms with Gasteiger partial charge in [-0.2, -0.15) is 0 Å². The number of benzene rings is 1. The number of hydrogen-bond acceptors (Lipinski definition) is 3. The van der Waals surface area contributed by atoms with Crippen LogP contribution in [0.4, 0.5) is 0 Å². The fourth-order valence-corrected chi connectivity index (χ4v) is 1.11. The van der Waals surface area contributed by atoms with Gasteiger partial charge in [-0.15, -0.1) is 0 Å². The largest absolute Gasteiger partial charge is 0.455 e. The van der Waals surface area contributed by atoms with Crippen LogP contribution in [-0.4, -0.2) is 11.8 Å². The highest BCUT2D eigenvalue weighted by atomic mass is 32.1. The first-order valence-corrected chi connectivity index (χ1v) is 3.95. The second-order valence-electron chi connectivity index (χ2n) is 2.20. The van der Waals surface area contributed by atoms with Crippen LogP contribution in [0.3, 0.4) is 0 Å². The monoisotopic (exact) mass is 180 g/mol. The van der Waals surface area contributed by atoms with Gasteiger partial charge < -0.3 is 4.74 Å². The van der Waals surface area contributed by atoms with Crippen LogP contribution in [0.5, 0.6) is 0 Å². The first-order valence-electron chi connectivity index (χ1n) is 3.48. The van der Waals surface area contributed by atoms with Gasteiger partial charge in [0, 0.05) is 5.37 Å². The molecule has 0 aliphatic rings. The molecular formula is C9H8O2S. The number of hydrogen-bond donors (Lipinski definition) is 0. The Hall–Kier alpha value is -1.22. The average Bonchev–Trinajstić information content (AvgIpc) is 2.15. The van der Waals surface area contributed by atoms with Crippen molar-refractivity contribution in [2.75, 3.05) is 0 Å². The molecular weight excluding hydrogens is 172 g/mol. The minimum atomic E-state index is -0.404. The van der Waals surface area contributed by atoms with E-state index < -0.39 is 6.10 Å². The highest BCUT2D eigenvalue weighted by Crippen LogP contribution is 2.13. The number of thiocarbonyl (C=S) groups is 1. The van der Waals surface area contributed by atoms with E-state index in [-0.39, 0.29) is 0 Å². The summed E-state index contributed by atoms with van der Waals surface area (Å²) >= 11 is 4.71. The maximum Gasteiger partial charge on any atom is 0.294 e. The van der Waals surface area contributed by atoms with Gasteiger partial charge in [0.15, 0.2) is 6.10 Å². The second-order valence-corrected chi connectivity index (χ2v) is 2.47. The fraction of sp³-hybridized carbons (Fsp3) is 0.111. The van der Waals surface area contributed by atoms with Crippen molar-refractivity contribution in [3.63, 3.8) is 0 Å². The van der Waals surface area contributed by atoms with Crippen molar-refractivity contribution in [2.45, 2.75) is 6.10 Å². The number of carbonyl (C=O) groups excluding carboxylic acids is 1. The minimum absolute atomic E-state index is 0.403. The van der Waals surface area contributed by atoms with Crippen LogP contribution in [0, 0.1) is 0 Å². The smallest absolute Gasteiger partial charge is 0.294 e. The van der Waals surface area contributed by atoms with Crippen molar-refractivity contribution in [3.05, 3.63) is 35.9 Å². The third-order valence-electron chi connectivity index (χ3n) is 1.45. The van der Waals surface area contributed by atoms with Crippen LogP contribution in [0.1, 0.15) is 11.7 Å². The first kappa shape index (κ1) is 8.87. The summed E-state index contributed by atoms with van der Waals surface area (Å²) in [5, 5.41) is 1.42. The van der Waals surface area contributed by atoms with Gasteiger partial charge in [-0.1, -0.05) is 42.5 Å². The zero-order valence-electron chi connectivity index (χ0n) is 6.34. The molecule has 0 saturated heterocycles. The van der Waals surface area contributed by atoms with Gasteiger partial charge in [-0.25, -0.2) is 0 Å². The molecule has 0 bridgehead atoms. The van der Waals surface area contributed by atoms with Crippen molar-refractivity contribution < 1.29 is 9.53 Å². The van der Waals surface area contributed by atoms with Gasteiger partial charge in [0.05, 0.1) is 0 Å². The lowest BCUT2D eigenvalue weighted by Gasteiger charge is -2.08. The van der Waals surface area contributed by atoms with Gasteiger partial charge in [0.2, 0.25) is 0 Å². The van der Waals surface area contributed by atoms with Crippen molar-refractivity contribution in [1.82, 2.24) is 0 Å². The standard InChI is InChI=1S/C9H8O2S/c10-7-11-9(6-12)8-4-2-1-3-5-8/h1-7,9H. The third-order valence-corrected chi connectivity index (χ3v) is 1.70. The average molecular weight is 180 g/mol. The van der Waals surface area contributed by atoms with Crippen molar-refractivity contribution in [3.8, 4) is 0 Å². The van der Waals surface area contributed by atoms with E-state index in [1.165, 1.54) is 5.37 Å². The maximum atomic E-state index is 10.1. The van der Waals surface area contributed by atoms with Gasteiger partial charge >= 0.3 is 0 Å². The molecule has 0 fully saturated rings. The Kier molecular flexibility index (Phi) is 3.41. The van der Waals surface area contributed by atoms with Gasteiger partial charge in [0.1, 0.15) is 0 Å². The molecule has 12 heavy (non-hydrogen) atoms. The molecule has 1 aromatic rings. The topological polar surface area (TPSA) is 26.3 Å². The first-order chi connectivity index (χ1) is 5.88. The molecule has 0 heterocycles. The lowest BCUT2D eigenvalue weighted by Crippen LogP contribution is -2.02. The van der Waals surface area contributed by atoms with Crippen LogP contribution < -0.4 is 0 Å². The zero-order valence-corrected chi connectivity index (χ0v) is 7.16. The number of rotatable bonds is 4. The molecule has 3 heteroatoms. The van der Waals surface area contributed by atoms with E-state index in [2.05, 4.69) is 0 Å². The Balaban J connectivity index is 2.79. The lowest BCUT2D eigenvalue weighted by molar-refractivity contribution is -0.130. The summed E-state index contributed by atoms with van der Waals surface area (Å²) < 4.78 is 4.74. The summed E-state index contributed by atoms with van der Waals surface area (Å²) in [5.74, 6) is 0. The lowest BCUT2D eigenvalue weighted by atomic mass is 10.1. The molecule has 62 valence electrons. The predicted molar refractivity (Wildman–Crippen MR) is 50.0 cm³/mol. The van der Waals surface area contributed by atoms with E-state index in [1.807, 2.05) is 30.3 Å². The Morgan fingerprint density at radius 3 is 2.50 bits per heavy atom. The Morgan fingerprint density at radius 1 is 1.33 bits per heavy atom. The summed E-state index contributed by atoms with van der Waals surface area (Å²) in [5.41, 5.74) is 0.889. The molecule has 1 rings (SSSR count). The third kappa shape index (κ3) is 2.13. The summed E-state index contributed by atoms with van der Waals surface area (Å²) in [7, 11) is 0. The van der Waals surface area contributed by atoms with Gasteiger partial charge in [0.25, 0.3) is 6.47 Å². The second kappa shape index (κ2) is 4.62. The summed E-state index contributed by atoms with van der Waals surface area (Å²) in [4.78, 5) is 10.1. The number of ether oxygens (including phenoxy) is 1. The Labute approximate surface area is 76.2 Å². The van der Waals surface area contributed by atoms with Crippen molar-refractivity contribution in [2.24, 2.45) is 0 Å². The molecule has 1 aromatic carbocycles. The number of carbonyl (C=O) groups is 1. The van der Waals surface area contributed by atoms with Crippen molar-refractivity contribution >= 4 is 24.1 Å². The normalized spacial score (nSPS) is 11.7. The highest BCUT2D eigenvalue weighted by molar-refractivity contribution is 7.79. The molecule has 1 atom stereocenters. The Bertz CT molecular complexity index is 258. The molecule has 0 amide bonds. The molecule has 0 spiro atoms. The predicted octanol–water partition coefficient (Wildman–Crippen LogP) is 1.90. The molecule has 1 unspecified atom stereocenters. The van der Waals surface area contributed by atoms with Crippen LogP contribution in [0.2, 0.25) is 0 Å². The molecule has 0 radical (unpaired) electrons. The van der Waals surface area contributed by atoms with Crippen LogP contribution in [0.15, 0.2) is 30.3 Å². The van der Waals surface area contributed by atoms with Gasteiger partial charge in [-0.3, -0.25) is 4.79 Å². The molecule has 2 nitrogen and oxygen atoms in total. The highest BCUT2D eigenvalue weighted by Gasteiger charge is 2.06. The van der Waals surface area contributed by atoms with E-state index in [0.29, 0.717) is 6.47 Å². The zero-order chi connectivity index (χ0) is 8.81. The molecule has 0 aromatic heterocycles. The summed E-state index contributed by atoms with van der Waals surface area (Å²) in [6, 6.07) is 9.35. The fourth-order valence-electron chi connectivity index (χ4n) is 0.892. The molecule has 0 aliphatic heterocycles. The van der Waals surface area contributed by atoms with Crippen molar-refractivity contribution in [1.29, 1.82) is 0 Å².